The predicted molar refractivity (Wildman–Crippen MR) is 91.2 cm³/mol. The zero-order chi connectivity index (χ0) is 16.8. The Morgan fingerprint density at radius 2 is 1.74 bits per heavy atom. The van der Waals surface area contributed by atoms with Crippen LogP contribution in [0.2, 0.25) is 0 Å². The molecule has 6 heteroatoms. The van der Waals surface area contributed by atoms with Gasteiger partial charge in [0.05, 0.1) is 0 Å². The van der Waals surface area contributed by atoms with Crippen molar-refractivity contribution in [1.82, 2.24) is 10.9 Å². The summed E-state index contributed by atoms with van der Waals surface area (Å²) in [6.07, 6.45) is 0. The van der Waals surface area contributed by atoms with E-state index in [4.69, 9.17) is 4.74 Å². The van der Waals surface area contributed by atoms with Crippen LogP contribution in [0.15, 0.2) is 46.9 Å². The largest absolute Gasteiger partial charge is 0.484 e. The lowest BCUT2D eigenvalue weighted by molar-refractivity contribution is -0.123. The molecule has 120 valence electrons. The fourth-order valence-electron chi connectivity index (χ4n) is 2.03. The topological polar surface area (TPSA) is 67.4 Å². The number of carbonyl (C=O) groups is 2. The normalized spacial score (nSPS) is 10.0. The monoisotopic (exact) mass is 376 g/mol. The summed E-state index contributed by atoms with van der Waals surface area (Å²) in [5.74, 6) is -0.213. The molecule has 0 unspecified atom stereocenters. The minimum absolute atomic E-state index is 0.179. The van der Waals surface area contributed by atoms with Crippen LogP contribution >= 0.6 is 15.9 Å². The number of hydrogen-bond acceptors (Lipinski definition) is 3. The maximum absolute atomic E-state index is 11.9. The van der Waals surface area contributed by atoms with Gasteiger partial charge < -0.3 is 4.74 Å². The summed E-state index contributed by atoms with van der Waals surface area (Å²) in [5.41, 5.74) is 7.22. The molecular formula is C17H17BrN2O3. The number of halogens is 1. The lowest BCUT2D eigenvalue weighted by Crippen LogP contribution is -2.43. The summed E-state index contributed by atoms with van der Waals surface area (Å²) in [4.78, 5) is 23.6. The first-order valence-electron chi connectivity index (χ1n) is 7.00. The molecule has 2 rings (SSSR count). The second kappa shape index (κ2) is 7.78. The molecule has 2 N–H and O–H groups in total. The van der Waals surface area contributed by atoms with Crippen molar-refractivity contribution in [3.05, 3.63) is 63.6 Å². The van der Waals surface area contributed by atoms with E-state index in [1.165, 1.54) is 0 Å². The van der Waals surface area contributed by atoms with Crippen LogP contribution in [0.5, 0.6) is 5.75 Å². The van der Waals surface area contributed by atoms with Crippen molar-refractivity contribution < 1.29 is 14.3 Å². The third kappa shape index (κ3) is 5.41. The molecule has 5 nitrogen and oxygen atoms in total. The van der Waals surface area contributed by atoms with E-state index >= 15 is 0 Å². The molecule has 0 aliphatic rings. The smallest absolute Gasteiger partial charge is 0.276 e. The van der Waals surface area contributed by atoms with Gasteiger partial charge in [0.1, 0.15) is 5.75 Å². The van der Waals surface area contributed by atoms with Gasteiger partial charge >= 0.3 is 0 Å². The maximum atomic E-state index is 11.9. The van der Waals surface area contributed by atoms with Gasteiger partial charge in [-0.15, -0.1) is 0 Å². The van der Waals surface area contributed by atoms with Gasteiger partial charge in [-0.1, -0.05) is 28.1 Å². The van der Waals surface area contributed by atoms with Gasteiger partial charge in [-0.25, -0.2) is 0 Å². The van der Waals surface area contributed by atoms with Crippen molar-refractivity contribution >= 4 is 27.7 Å². The van der Waals surface area contributed by atoms with E-state index in [0.29, 0.717) is 11.3 Å². The number of hydrogen-bond donors (Lipinski definition) is 2. The van der Waals surface area contributed by atoms with Gasteiger partial charge in [0.2, 0.25) is 0 Å². The highest BCUT2D eigenvalue weighted by Crippen LogP contribution is 2.16. The van der Waals surface area contributed by atoms with Crippen molar-refractivity contribution in [2.45, 2.75) is 13.8 Å². The van der Waals surface area contributed by atoms with Crippen LogP contribution in [0.3, 0.4) is 0 Å². The molecular weight excluding hydrogens is 360 g/mol. The fourth-order valence-corrected chi connectivity index (χ4v) is 2.43. The van der Waals surface area contributed by atoms with Crippen molar-refractivity contribution in [3.63, 3.8) is 0 Å². The number of amides is 2. The molecule has 0 aromatic heterocycles. The van der Waals surface area contributed by atoms with E-state index in [-0.39, 0.29) is 6.61 Å². The molecule has 23 heavy (non-hydrogen) atoms. The van der Waals surface area contributed by atoms with Crippen LogP contribution < -0.4 is 15.6 Å². The zero-order valence-electron chi connectivity index (χ0n) is 12.9. The van der Waals surface area contributed by atoms with Crippen molar-refractivity contribution in [1.29, 1.82) is 0 Å². The van der Waals surface area contributed by atoms with Crippen molar-refractivity contribution in [3.8, 4) is 5.75 Å². The van der Waals surface area contributed by atoms with Crippen LogP contribution in [0, 0.1) is 13.8 Å². The molecule has 0 atom stereocenters. The Morgan fingerprint density at radius 3 is 2.39 bits per heavy atom. The third-order valence-electron chi connectivity index (χ3n) is 2.97. The lowest BCUT2D eigenvalue weighted by Gasteiger charge is -2.10. The first kappa shape index (κ1) is 17.0. The summed E-state index contributed by atoms with van der Waals surface area (Å²) < 4.78 is 6.20. The molecule has 2 aromatic carbocycles. The van der Waals surface area contributed by atoms with Gasteiger partial charge in [-0.05, 0) is 55.3 Å². The first-order chi connectivity index (χ1) is 10.9. The minimum Gasteiger partial charge on any atom is -0.484 e. The standard InChI is InChI=1S/C17H17BrN2O3/c1-11-6-12(2)8-15(7-11)23-10-16(21)19-20-17(22)13-4-3-5-14(18)9-13/h3-9H,10H2,1-2H3,(H,19,21)(H,20,22). The Hall–Kier alpha value is -2.34. The van der Waals surface area contributed by atoms with E-state index in [1.807, 2.05) is 38.1 Å². The summed E-state index contributed by atoms with van der Waals surface area (Å²) in [7, 11) is 0. The highest BCUT2D eigenvalue weighted by Gasteiger charge is 2.08. The fraction of sp³-hybridized carbons (Fsp3) is 0.176. The number of hydrazine groups is 1. The van der Waals surface area contributed by atoms with Gasteiger partial charge in [0, 0.05) is 10.0 Å². The minimum atomic E-state index is -0.437. The number of carbonyl (C=O) groups excluding carboxylic acids is 2. The number of rotatable bonds is 4. The third-order valence-corrected chi connectivity index (χ3v) is 3.46. The molecule has 2 amide bonds. The Kier molecular flexibility index (Phi) is 5.76. The highest BCUT2D eigenvalue weighted by atomic mass is 79.9. The van der Waals surface area contributed by atoms with Crippen molar-refractivity contribution in [2.75, 3.05) is 6.61 Å². The Morgan fingerprint density at radius 1 is 1.04 bits per heavy atom. The molecule has 0 saturated heterocycles. The van der Waals surface area contributed by atoms with E-state index < -0.39 is 11.8 Å². The molecule has 0 aliphatic carbocycles. The summed E-state index contributed by atoms with van der Waals surface area (Å²) in [6.45, 7) is 3.73. The molecule has 0 heterocycles. The number of nitrogens with one attached hydrogen (secondary N) is 2. The van der Waals surface area contributed by atoms with Gasteiger partial charge in [0.25, 0.3) is 11.8 Å². The quantitative estimate of drug-likeness (QED) is 0.806. The van der Waals surface area contributed by atoms with Crippen LogP contribution in [-0.4, -0.2) is 18.4 Å². The predicted octanol–water partition coefficient (Wildman–Crippen LogP) is 2.91. The van der Waals surface area contributed by atoms with E-state index in [0.717, 1.165) is 15.6 Å². The Bertz CT molecular complexity index is 711. The molecule has 2 aromatic rings. The van der Waals surface area contributed by atoms with E-state index in [9.17, 15) is 9.59 Å². The zero-order valence-corrected chi connectivity index (χ0v) is 14.4. The molecule has 0 radical (unpaired) electrons. The Labute approximate surface area is 143 Å². The summed E-state index contributed by atoms with van der Waals surface area (Å²) >= 11 is 3.29. The van der Waals surface area contributed by atoms with Crippen LogP contribution in [0.1, 0.15) is 21.5 Å². The van der Waals surface area contributed by atoms with Crippen LogP contribution in [-0.2, 0) is 4.79 Å². The average Bonchev–Trinajstić information content (AvgIpc) is 2.49. The summed E-state index contributed by atoms with van der Waals surface area (Å²) in [6, 6.07) is 12.6. The highest BCUT2D eigenvalue weighted by molar-refractivity contribution is 9.10. The average molecular weight is 377 g/mol. The SMILES string of the molecule is Cc1cc(C)cc(OCC(=O)NNC(=O)c2cccc(Br)c2)c1. The number of ether oxygens (including phenoxy) is 1. The molecule has 0 fully saturated rings. The molecule has 0 spiro atoms. The van der Waals surface area contributed by atoms with E-state index in [1.54, 1.807) is 18.2 Å². The van der Waals surface area contributed by atoms with Gasteiger partial charge in [-0.3, -0.25) is 20.4 Å². The van der Waals surface area contributed by atoms with Crippen molar-refractivity contribution in [2.24, 2.45) is 0 Å². The maximum Gasteiger partial charge on any atom is 0.276 e. The molecule has 0 aliphatic heterocycles. The second-order valence-electron chi connectivity index (χ2n) is 5.12. The summed E-state index contributed by atoms with van der Waals surface area (Å²) in [5, 5.41) is 0. The van der Waals surface area contributed by atoms with Crippen LogP contribution in [0.4, 0.5) is 0 Å². The van der Waals surface area contributed by atoms with Gasteiger partial charge in [-0.2, -0.15) is 0 Å². The van der Waals surface area contributed by atoms with Crippen LogP contribution in [0.25, 0.3) is 0 Å². The van der Waals surface area contributed by atoms with E-state index in [2.05, 4.69) is 26.8 Å². The lowest BCUT2D eigenvalue weighted by atomic mass is 10.1. The number of aryl methyl sites for hydroxylation is 2. The molecule has 0 saturated carbocycles. The Balaban J connectivity index is 1.82. The number of benzene rings is 2. The van der Waals surface area contributed by atoms with Gasteiger partial charge in [0.15, 0.2) is 6.61 Å². The first-order valence-corrected chi connectivity index (χ1v) is 7.79. The second-order valence-corrected chi connectivity index (χ2v) is 6.04. The molecule has 0 bridgehead atoms.